The molecule has 0 N–H and O–H groups in total. The maximum absolute atomic E-state index is 12.0. The van der Waals surface area contributed by atoms with Crippen LogP contribution in [0.2, 0.25) is 0 Å². The van der Waals surface area contributed by atoms with Crippen LogP contribution in [-0.4, -0.2) is 20.0 Å². The molecular weight excluding hydrogens is 342 g/mol. The summed E-state index contributed by atoms with van der Waals surface area (Å²) in [4.78, 5) is 21.8. The highest BCUT2D eigenvalue weighted by atomic mass is 32.2. The minimum atomic E-state index is -2.67. The molecule has 0 aliphatic heterocycles. The normalized spacial score (nSPS) is 13.3. The number of carbonyl (C=O) groups is 1. The molecule has 0 spiro atoms. The van der Waals surface area contributed by atoms with Crippen LogP contribution >= 0.6 is 0 Å². The van der Waals surface area contributed by atoms with Gasteiger partial charge in [-0.05, 0) is 39.5 Å². The molecule has 0 aromatic heterocycles. The molecule has 0 aliphatic rings. The quantitative estimate of drug-likeness (QED) is 0.302. The number of carbonyl (C=O) groups excluding carboxylic acids is 1. The van der Waals surface area contributed by atoms with Crippen molar-refractivity contribution in [2.45, 2.75) is 5.25 Å². The van der Waals surface area contributed by atoms with Gasteiger partial charge in [0.05, 0.1) is 10.2 Å². The van der Waals surface area contributed by atoms with Crippen LogP contribution in [0.1, 0.15) is 26.7 Å². The number of hydrogen-bond acceptors (Lipinski definition) is 5. The van der Waals surface area contributed by atoms with Crippen LogP contribution < -0.4 is 0 Å². The second-order valence-electron chi connectivity index (χ2n) is 5.40. The summed E-state index contributed by atoms with van der Waals surface area (Å²) in [5.41, 5.74) is 0.237. The van der Waals surface area contributed by atoms with Crippen LogP contribution in [0.5, 0.6) is 0 Å². The molecule has 0 bridgehead atoms. The van der Waals surface area contributed by atoms with E-state index in [1.807, 2.05) is 18.2 Å². The van der Waals surface area contributed by atoms with Crippen LogP contribution in [-0.2, 0) is 11.1 Å². The SMILES string of the molecule is O=Cc1ccc([N+](=O)[O-])c(C(c2cccc3ccccc23)S(=O)[O-])c1. The molecule has 126 valence electrons. The lowest BCUT2D eigenvalue weighted by Gasteiger charge is -2.22. The van der Waals surface area contributed by atoms with Gasteiger partial charge in [-0.25, -0.2) is 0 Å². The smallest absolute Gasteiger partial charge is 0.274 e. The van der Waals surface area contributed by atoms with Crippen molar-refractivity contribution in [1.82, 2.24) is 0 Å². The van der Waals surface area contributed by atoms with E-state index >= 15 is 0 Å². The highest BCUT2D eigenvalue weighted by Crippen LogP contribution is 2.37. The summed E-state index contributed by atoms with van der Waals surface area (Å²) in [6.07, 6.45) is 0.529. The summed E-state index contributed by atoms with van der Waals surface area (Å²) < 4.78 is 24.0. The lowest BCUT2D eigenvalue weighted by Crippen LogP contribution is -2.11. The predicted molar refractivity (Wildman–Crippen MR) is 93.2 cm³/mol. The first-order valence-electron chi connectivity index (χ1n) is 7.32. The molecular formula is C18H12NO5S-. The topological polar surface area (TPSA) is 100 Å². The minimum absolute atomic E-state index is 0.0284. The number of hydrogen-bond donors (Lipinski definition) is 0. The van der Waals surface area contributed by atoms with Crippen molar-refractivity contribution in [2.75, 3.05) is 0 Å². The fraction of sp³-hybridized carbons (Fsp3) is 0.0556. The Labute approximate surface area is 145 Å². The molecule has 3 rings (SSSR count). The number of fused-ring (bicyclic) bond motifs is 1. The van der Waals surface area contributed by atoms with E-state index in [0.717, 1.165) is 11.5 Å². The van der Waals surface area contributed by atoms with E-state index in [2.05, 4.69) is 0 Å². The van der Waals surface area contributed by atoms with Gasteiger partial charge < -0.3 is 4.55 Å². The Morgan fingerprint density at radius 2 is 1.72 bits per heavy atom. The van der Waals surface area contributed by atoms with Crippen molar-refractivity contribution >= 4 is 33.8 Å². The van der Waals surface area contributed by atoms with Crippen LogP contribution in [0, 0.1) is 10.1 Å². The van der Waals surface area contributed by atoms with Gasteiger partial charge in [-0.1, -0.05) is 42.5 Å². The molecule has 0 saturated carbocycles. The second-order valence-corrected chi connectivity index (χ2v) is 6.39. The number of nitro benzene ring substituents is 1. The maximum atomic E-state index is 12.0. The number of nitro groups is 1. The van der Waals surface area contributed by atoms with Crippen molar-refractivity contribution in [1.29, 1.82) is 0 Å². The van der Waals surface area contributed by atoms with Crippen molar-refractivity contribution in [3.63, 3.8) is 0 Å². The van der Waals surface area contributed by atoms with Gasteiger partial charge in [-0.3, -0.25) is 19.1 Å². The Hall–Kier alpha value is -2.90. The number of benzene rings is 3. The highest BCUT2D eigenvalue weighted by molar-refractivity contribution is 7.79. The average Bonchev–Trinajstić information content (AvgIpc) is 2.61. The highest BCUT2D eigenvalue weighted by Gasteiger charge is 2.26. The molecule has 3 aromatic carbocycles. The van der Waals surface area contributed by atoms with Crippen molar-refractivity contribution < 1.29 is 18.5 Å². The Balaban J connectivity index is 2.32. The molecule has 0 heterocycles. The maximum Gasteiger partial charge on any atom is 0.274 e. The monoisotopic (exact) mass is 354 g/mol. The van der Waals surface area contributed by atoms with Crippen molar-refractivity contribution in [3.8, 4) is 0 Å². The van der Waals surface area contributed by atoms with E-state index in [-0.39, 0.29) is 16.8 Å². The van der Waals surface area contributed by atoms with Crippen LogP contribution in [0.4, 0.5) is 5.69 Å². The summed E-state index contributed by atoms with van der Waals surface area (Å²) in [5.74, 6) is 0. The van der Waals surface area contributed by atoms with E-state index < -0.39 is 21.3 Å². The Kier molecular flexibility index (Phi) is 4.69. The van der Waals surface area contributed by atoms with Crippen LogP contribution in [0.15, 0.2) is 60.7 Å². The van der Waals surface area contributed by atoms with Gasteiger partial charge in [0.15, 0.2) is 0 Å². The van der Waals surface area contributed by atoms with Gasteiger partial charge >= 0.3 is 0 Å². The molecule has 0 radical (unpaired) electrons. The molecule has 0 amide bonds. The van der Waals surface area contributed by atoms with E-state index in [1.165, 1.54) is 12.1 Å². The van der Waals surface area contributed by atoms with Crippen molar-refractivity contribution in [3.05, 3.63) is 87.5 Å². The van der Waals surface area contributed by atoms with Gasteiger partial charge in [0.1, 0.15) is 6.29 Å². The zero-order chi connectivity index (χ0) is 18.0. The standard InChI is InChI=1S/C18H13NO5S/c20-11-12-8-9-17(19(21)22)16(10-12)18(25(23)24)15-7-3-5-13-4-1-2-6-14(13)15/h1-11,18H,(H,23,24)/p-1. The van der Waals surface area contributed by atoms with E-state index in [1.54, 1.807) is 24.3 Å². The average molecular weight is 354 g/mol. The Morgan fingerprint density at radius 3 is 2.40 bits per heavy atom. The van der Waals surface area contributed by atoms with Gasteiger partial charge in [0.2, 0.25) is 0 Å². The van der Waals surface area contributed by atoms with Gasteiger partial charge in [0, 0.05) is 17.2 Å². The first-order valence-corrected chi connectivity index (χ1v) is 8.46. The molecule has 0 saturated heterocycles. The minimum Gasteiger partial charge on any atom is -0.772 e. The van der Waals surface area contributed by atoms with Crippen LogP contribution in [0.3, 0.4) is 0 Å². The van der Waals surface area contributed by atoms with Gasteiger partial charge in [0.25, 0.3) is 5.69 Å². The summed E-state index contributed by atoms with van der Waals surface area (Å²) in [6, 6.07) is 16.1. The fourth-order valence-corrected chi connectivity index (χ4v) is 3.69. The predicted octanol–water partition coefficient (Wildman–Crippen LogP) is 3.53. The zero-order valence-electron chi connectivity index (χ0n) is 12.8. The third-order valence-corrected chi connectivity index (χ3v) is 4.86. The molecule has 6 nitrogen and oxygen atoms in total. The van der Waals surface area contributed by atoms with Gasteiger partial charge in [-0.15, -0.1) is 0 Å². The summed E-state index contributed by atoms with van der Waals surface area (Å²) in [7, 11) is 0. The number of nitrogens with zero attached hydrogens (tertiary/aromatic N) is 1. The van der Waals surface area contributed by atoms with E-state index in [9.17, 15) is 23.7 Å². The van der Waals surface area contributed by atoms with Crippen LogP contribution in [0.25, 0.3) is 10.8 Å². The third kappa shape index (κ3) is 3.19. The molecule has 0 fully saturated rings. The lowest BCUT2D eigenvalue weighted by atomic mass is 9.96. The van der Waals surface area contributed by atoms with E-state index in [4.69, 9.17) is 0 Å². The molecule has 7 heteroatoms. The molecule has 3 aromatic rings. The third-order valence-electron chi connectivity index (χ3n) is 3.97. The summed E-state index contributed by atoms with van der Waals surface area (Å²) in [6.45, 7) is 0. The number of rotatable bonds is 5. The fourth-order valence-electron chi connectivity index (χ4n) is 2.88. The molecule has 25 heavy (non-hydrogen) atoms. The Bertz CT molecular complexity index is 996. The Morgan fingerprint density at radius 1 is 1.00 bits per heavy atom. The van der Waals surface area contributed by atoms with Crippen molar-refractivity contribution in [2.24, 2.45) is 0 Å². The molecule has 0 aliphatic carbocycles. The number of aldehydes is 1. The second kappa shape index (κ2) is 6.92. The summed E-state index contributed by atoms with van der Waals surface area (Å²) >= 11 is -2.67. The zero-order valence-corrected chi connectivity index (χ0v) is 13.6. The molecule has 2 unspecified atom stereocenters. The first kappa shape index (κ1) is 16.9. The molecule has 2 atom stereocenters. The first-order chi connectivity index (χ1) is 12.0. The largest absolute Gasteiger partial charge is 0.772 e. The summed E-state index contributed by atoms with van der Waals surface area (Å²) in [5, 5.41) is 11.6. The van der Waals surface area contributed by atoms with Gasteiger partial charge in [-0.2, -0.15) is 0 Å². The van der Waals surface area contributed by atoms with E-state index in [0.29, 0.717) is 17.2 Å². The lowest BCUT2D eigenvalue weighted by molar-refractivity contribution is -0.385.